The summed E-state index contributed by atoms with van der Waals surface area (Å²) in [5, 5.41) is 11.5. The molecule has 7 nitrogen and oxygen atoms in total. The first kappa shape index (κ1) is 19.5. The molecule has 2 N–H and O–H groups in total. The lowest BCUT2D eigenvalue weighted by molar-refractivity contribution is -0.123. The zero-order chi connectivity index (χ0) is 19.4. The molecular weight excluding hydrogens is 368 g/mol. The normalized spacial score (nSPS) is 19.6. The fraction of sp³-hybridized carbons (Fsp3) is 0.474. The minimum Gasteiger partial charge on any atom is -0.493 e. The summed E-state index contributed by atoms with van der Waals surface area (Å²) in [5.74, 6) is 1.19. The predicted octanol–water partition coefficient (Wildman–Crippen LogP) is 2.68. The van der Waals surface area contributed by atoms with E-state index in [4.69, 9.17) is 21.1 Å². The highest BCUT2D eigenvalue weighted by Gasteiger charge is 2.30. The van der Waals surface area contributed by atoms with Gasteiger partial charge in [-0.1, -0.05) is 11.6 Å². The lowest BCUT2D eigenvalue weighted by Gasteiger charge is -2.32. The second kappa shape index (κ2) is 8.63. The number of aromatic nitrogens is 2. The summed E-state index contributed by atoms with van der Waals surface area (Å²) in [6.45, 7) is 3.43. The van der Waals surface area contributed by atoms with Crippen molar-refractivity contribution in [1.82, 2.24) is 20.4 Å². The maximum absolute atomic E-state index is 11.9. The van der Waals surface area contributed by atoms with Crippen LogP contribution in [0.15, 0.2) is 24.5 Å². The van der Waals surface area contributed by atoms with Crippen molar-refractivity contribution < 1.29 is 14.3 Å². The number of amides is 1. The van der Waals surface area contributed by atoms with E-state index in [0.29, 0.717) is 29.5 Å². The molecule has 2 heterocycles. The first-order valence-electron chi connectivity index (χ1n) is 9.01. The second-order valence-electron chi connectivity index (χ2n) is 6.51. The van der Waals surface area contributed by atoms with Crippen LogP contribution in [0.5, 0.6) is 11.5 Å². The Bertz CT molecular complexity index is 808. The molecule has 1 fully saturated rings. The largest absolute Gasteiger partial charge is 0.493 e. The Morgan fingerprint density at radius 2 is 2.19 bits per heavy atom. The van der Waals surface area contributed by atoms with Crippen LogP contribution in [0.2, 0.25) is 5.02 Å². The molecule has 3 rings (SSSR count). The summed E-state index contributed by atoms with van der Waals surface area (Å²) in [5.41, 5.74) is 1.99. The van der Waals surface area contributed by atoms with Gasteiger partial charge in [0.05, 0.1) is 31.5 Å². The van der Waals surface area contributed by atoms with E-state index in [1.54, 1.807) is 14.2 Å². The molecule has 2 atom stereocenters. The highest BCUT2D eigenvalue weighted by atomic mass is 35.5. The van der Waals surface area contributed by atoms with Crippen molar-refractivity contribution in [3.8, 4) is 11.5 Å². The Labute approximate surface area is 164 Å². The van der Waals surface area contributed by atoms with Crippen LogP contribution in [0.4, 0.5) is 0 Å². The van der Waals surface area contributed by atoms with Crippen molar-refractivity contribution in [3.63, 3.8) is 0 Å². The molecule has 0 unspecified atom stereocenters. The van der Waals surface area contributed by atoms with Crippen LogP contribution in [0, 0.1) is 0 Å². The first-order valence-corrected chi connectivity index (χ1v) is 9.39. The van der Waals surface area contributed by atoms with Gasteiger partial charge in [-0.25, -0.2) is 0 Å². The molecule has 146 valence electrons. The summed E-state index contributed by atoms with van der Waals surface area (Å²) in [7, 11) is 3.15. The summed E-state index contributed by atoms with van der Waals surface area (Å²) in [6.07, 6.45) is 5.07. The Hall–Kier alpha value is -2.25. The van der Waals surface area contributed by atoms with Crippen LogP contribution < -0.4 is 20.1 Å². The molecule has 1 aliphatic heterocycles. The highest BCUT2D eigenvalue weighted by Crippen LogP contribution is 2.36. The molecule has 27 heavy (non-hydrogen) atoms. The van der Waals surface area contributed by atoms with Crippen molar-refractivity contribution in [1.29, 1.82) is 0 Å². The van der Waals surface area contributed by atoms with Crippen molar-refractivity contribution in [2.45, 2.75) is 44.9 Å². The summed E-state index contributed by atoms with van der Waals surface area (Å²) in [4.78, 5) is 11.9. The van der Waals surface area contributed by atoms with Gasteiger partial charge in [0, 0.05) is 37.3 Å². The van der Waals surface area contributed by atoms with Gasteiger partial charge in [-0.3, -0.25) is 9.48 Å². The lowest BCUT2D eigenvalue weighted by atomic mass is 9.93. The number of methoxy groups -OCH3 is 2. The monoisotopic (exact) mass is 392 g/mol. The van der Waals surface area contributed by atoms with Crippen LogP contribution in [-0.4, -0.2) is 35.9 Å². The standard InChI is InChI=1S/C19H25ClN4O3/c1-4-24-11-13(10-22-24)18-15(5-6-17(25)23-18)21-9-12-7-14(20)19(27-3)16(8-12)26-2/h7-8,10-11,15,18,21H,4-6,9H2,1-3H3,(H,23,25)/t15-,18+/m1/s1. The molecule has 0 saturated carbocycles. The quantitative estimate of drug-likeness (QED) is 0.757. The zero-order valence-corrected chi connectivity index (χ0v) is 16.5. The van der Waals surface area contributed by atoms with Gasteiger partial charge in [0.2, 0.25) is 5.91 Å². The van der Waals surface area contributed by atoms with Gasteiger partial charge in [0.1, 0.15) is 0 Å². The van der Waals surface area contributed by atoms with Crippen LogP contribution in [0.1, 0.15) is 36.9 Å². The van der Waals surface area contributed by atoms with Gasteiger partial charge in [0.15, 0.2) is 11.5 Å². The fourth-order valence-electron chi connectivity index (χ4n) is 3.37. The van der Waals surface area contributed by atoms with Crippen LogP contribution in [0.3, 0.4) is 0 Å². The number of carbonyl (C=O) groups excluding carboxylic acids is 1. The van der Waals surface area contributed by atoms with E-state index in [2.05, 4.69) is 15.7 Å². The van der Waals surface area contributed by atoms with Gasteiger partial charge in [-0.05, 0) is 31.0 Å². The van der Waals surface area contributed by atoms with E-state index in [1.807, 2.05) is 36.1 Å². The zero-order valence-electron chi connectivity index (χ0n) is 15.8. The molecule has 1 aromatic heterocycles. The fourth-order valence-corrected chi connectivity index (χ4v) is 3.68. The second-order valence-corrected chi connectivity index (χ2v) is 6.92. The molecule has 8 heteroatoms. The summed E-state index contributed by atoms with van der Waals surface area (Å²) >= 11 is 6.30. The van der Waals surface area contributed by atoms with Crippen LogP contribution in [-0.2, 0) is 17.9 Å². The SMILES string of the molecule is CCn1cc([C@@H]2NC(=O)CC[C@H]2NCc2cc(Cl)c(OC)c(OC)c2)cn1. The Balaban J connectivity index is 1.75. The lowest BCUT2D eigenvalue weighted by Crippen LogP contribution is -2.48. The molecule has 1 saturated heterocycles. The van der Waals surface area contributed by atoms with E-state index in [-0.39, 0.29) is 18.0 Å². The molecule has 0 spiro atoms. The third-order valence-corrected chi connectivity index (χ3v) is 5.08. The van der Waals surface area contributed by atoms with Crippen molar-refractivity contribution in [3.05, 3.63) is 40.7 Å². The highest BCUT2D eigenvalue weighted by molar-refractivity contribution is 6.32. The number of aryl methyl sites for hydroxylation is 1. The first-order chi connectivity index (χ1) is 13.0. The van der Waals surface area contributed by atoms with Crippen molar-refractivity contribution in [2.75, 3.05) is 14.2 Å². The predicted molar refractivity (Wildman–Crippen MR) is 103 cm³/mol. The van der Waals surface area contributed by atoms with E-state index in [0.717, 1.165) is 24.1 Å². The van der Waals surface area contributed by atoms with Crippen molar-refractivity contribution >= 4 is 17.5 Å². The summed E-state index contributed by atoms with van der Waals surface area (Å²) < 4.78 is 12.5. The van der Waals surface area contributed by atoms with Gasteiger partial charge in [0.25, 0.3) is 0 Å². The Kier molecular flexibility index (Phi) is 6.23. The number of hydrogen-bond acceptors (Lipinski definition) is 5. The van der Waals surface area contributed by atoms with E-state index in [9.17, 15) is 4.79 Å². The Morgan fingerprint density at radius 1 is 1.37 bits per heavy atom. The molecule has 2 aromatic rings. The third kappa shape index (κ3) is 4.36. The van der Waals surface area contributed by atoms with E-state index < -0.39 is 0 Å². The molecule has 1 amide bonds. The number of nitrogens with one attached hydrogen (secondary N) is 2. The Morgan fingerprint density at radius 3 is 2.85 bits per heavy atom. The number of hydrogen-bond donors (Lipinski definition) is 2. The van der Waals surface area contributed by atoms with Crippen molar-refractivity contribution in [2.24, 2.45) is 0 Å². The number of ether oxygens (including phenoxy) is 2. The maximum atomic E-state index is 11.9. The molecule has 0 aliphatic carbocycles. The number of nitrogens with zero attached hydrogens (tertiary/aromatic N) is 2. The minimum absolute atomic E-state index is 0.0662. The molecule has 1 aliphatic rings. The molecule has 0 bridgehead atoms. The van der Waals surface area contributed by atoms with Gasteiger partial charge < -0.3 is 20.1 Å². The summed E-state index contributed by atoms with van der Waals surface area (Å²) in [6, 6.07) is 3.76. The number of carbonyl (C=O) groups is 1. The van der Waals surface area contributed by atoms with Gasteiger partial charge in [-0.15, -0.1) is 0 Å². The smallest absolute Gasteiger partial charge is 0.220 e. The average Bonchev–Trinajstić information content (AvgIpc) is 3.15. The number of rotatable bonds is 7. The maximum Gasteiger partial charge on any atom is 0.220 e. The average molecular weight is 393 g/mol. The van der Waals surface area contributed by atoms with E-state index >= 15 is 0 Å². The number of halogens is 1. The molecular formula is C19H25ClN4O3. The molecule has 1 aromatic carbocycles. The third-order valence-electron chi connectivity index (χ3n) is 4.80. The van der Waals surface area contributed by atoms with Gasteiger partial charge >= 0.3 is 0 Å². The van der Waals surface area contributed by atoms with Gasteiger partial charge in [-0.2, -0.15) is 5.10 Å². The van der Waals surface area contributed by atoms with Crippen LogP contribution in [0.25, 0.3) is 0 Å². The topological polar surface area (TPSA) is 77.4 Å². The number of benzene rings is 1. The minimum atomic E-state index is -0.109. The van der Waals surface area contributed by atoms with E-state index in [1.165, 1.54) is 0 Å². The number of piperidine rings is 1. The van der Waals surface area contributed by atoms with Crippen LogP contribution >= 0.6 is 11.6 Å². The molecule has 0 radical (unpaired) electrons.